The van der Waals surface area contributed by atoms with Crippen LogP contribution in [0.1, 0.15) is 37.8 Å². The Morgan fingerprint density at radius 1 is 1.18 bits per heavy atom. The molecule has 0 spiro atoms. The van der Waals surface area contributed by atoms with Gasteiger partial charge in [0.1, 0.15) is 0 Å². The highest BCUT2D eigenvalue weighted by Gasteiger charge is 2.02. The zero-order valence-corrected chi connectivity index (χ0v) is 10.9. The third-order valence-corrected chi connectivity index (χ3v) is 3.01. The molecular weight excluding hydrogens is 212 g/mol. The van der Waals surface area contributed by atoms with Crippen LogP contribution in [0.2, 0.25) is 0 Å². The summed E-state index contributed by atoms with van der Waals surface area (Å²) in [5, 5.41) is 8.71. The third-order valence-electron chi connectivity index (χ3n) is 3.01. The molecule has 1 aromatic carbocycles. The van der Waals surface area contributed by atoms with Crippen molar-refractivity contribution in [1.82, 2.24) is 0 Å². The van der Waals surface area contributed by atoms with Crippen molar-refractivity contribution in [3.05, 3.63) is 29.8 Å². The summed E-state index contributed by atoms with van der Waals surface area (Å²) in [5.74, 6) is 0. The van der Waals surface area contributed by atoms with Gasteiger partial charge in [0, 0.05) is 31.9 Å². The van der Waals surface area contributed by atoms with Gasteiger partial charge in [0.25, 0.3) is 0 Å². The Balaban J connectivity index is 2.43. The lowest BCUT2D eigenvalue weighted by Gasteiger charge is -2.19. The van der Waals surface area contributed by atoms with Gasteiger partial charge in [0.05, 0.1) is 0 Å². The molecule has 96 valence electrons. The van der Waals surface area contributed by atoms with E-state index in [1.165, 1.54) is 11.3 Å². The summed E-state index contributed by atoms with van der Waals surface area (Å²) in [4.78, 5) is 2.24. The predicted octanol–water partition coefficient (Wildman–Crippen LogP) is 2.31. The van der Waals surface area contributed by atoms with E-state index < -0.39 is 0 Å². The molecule has 3 heteroatoms. The molecule has 0 aliphatic rings. The van der Waals surface area contributed by atoms with Gasteiger partial charge in [-0.3, -0.25) is 0 Å². The van der Waals surface area contributed by atoms with Crippen LogP contribution in [0.15, 0.2) is 24.3 Å². The van der Waals surface area contributed by atoms with Crippen LogP contribution in [-0.4, -0.2) is 25.3 Å². The van der Waals surface area contributed by atoms with Gasteiger partial charge in [-0.25, -0.2) is 0 Å². The Bertz CT molecular complexity index is 309. The molecule has 1 aromatic rings. The van der Waals surface area contributed by atoms with Crippen molar-refractivity contribution in [2.75, 3.05) is 25.1 Å². The topological polar surface area (TPSA) is 49.5 Å². The van der Waals surface area contributed by atoms with E-state index in [9.17, 15) is 0 Å². The quantitative estimate of drug-likeness (QED) is 0.714. The predicted molar refractivity (Wildman–Crippen MR) is 73.3 cm³/mol. The molecule has 0 aliphatic heterocycles. The molecule has 3 nitrogen and oxygen atoms in total. The minimum Gasteiger partial charge on any atom is -0.396 e. The van der Waals surface area contributed by atoms with Gasteiger partial charge >= 0.3 is 0 Å². The van der Waals surface area contributed by atoms with Gasteiger partial charge in [0.2, 0.25) is 0 Å². The molecule has 1 rings (SSSR count). The fourth-order valence-electron chi connectivity index (χ4n) is 1.80. The molecule has 0 aliphatic carbocycles. The van der Waals surface area contributed by atoms with Gasteiger partial charge in [0.15, 0.2) is 0 Å². The van der Waals surface area contributed by atoms with E-state index in [1.807, 2.05) is 6.92 Å². The first kappa shape index (κ1) is 14.0. The first-order valence-corrected chi connectivity index (χ1v) is 6.32. The van der Waals surface area contributed by atoms with Crippen LogP contribution in [0.4, 0.5) is 5.69 Å². The van der Waals surface area contributed by atoms with Crippen molar-refractivity contribution in [2.45, 2.75) is 32.2 Å². The summed E-state index contributed by atoms with van der Waals surface area (Å²) in [6, 6.07) is 8.50. The lowest BCUT2D eigenvalue weighted by atomic mass is 10.1. The van der Waals surface area contributed by atoms with E-state index in [0.29, 0.717) is 6.61 Å². The summed E-state index contributed by atoms with van der Waals surface area (Å²) in [6.45, 7) is 3.32. The number of rotatable bonds is 7. The largest absolute Gasteiger partial charge is 0.396 e. The van der Waals surface area contributed by atoms with Crippen molar-refractivity contribution in [3.8, 4) is 0 Å². The van der Waals surface area contributed by atoms with Crippen LogP contribution in [0.25, 0.3) is 0 Å². The average Bonchev–Trinajstić information content (AvgIpc) is 2.34. The Morgan fingerprint density at radius 2 is 1.82 bits per heavy atom. The Labute approximate surface area is 104 Å². The Hall–Kier alpha value is -1.06. The first-order valence-electron chi connectivity index (χ1n) is 6.32. The standard InChI is InChI=1S/C14H24N2O/c1-12(15)13-6-8-14(9-7-13)16(2)10-4-3-5-11-17/h6-9,12,17H,3-5,10-11,15H2,1-2H3/t12-/m1/s1. The molecule has 0 heterocycles. The fraction of sp³-hybridized carbons (Fsp3) is 0.571. The van der Waals surface area contributed by atoms with Gasteiger partial charge in [-0.2, -0.15) is 0 Å². The summed E-state index contributed by atoms with van der Waals surface area (Å²) in [5.41, 5.74) is 8.21. The number of hydrogen-bond donors (Lipinski definition) is 2. The van der Waals surface area contributed by atoms with E-state index in [4.69, 9.17) is 10.8 Å². The van der Waals surface area contributed by atoms with Crippen LogP contribution in [0.3, 0.4) is 0 Å². The van der Waals surface area contributed by atoms with Crippen LogP contribution in [0, 0.1) is 0 Å². The van der Waals surface area contributed by atoms with Crippen molar-refractivity contribution in [1.29, 1.82) is 0 Å². The maximum Gasteiger partial charge on any atom is 0.0431 e. The SMILES string of the molecule is C[C@@H](N)c1ccc(N(C)CCCCCO)cc1. The molecule has 0 aromatic heterocycles. The smallest absolute Gasteiger partial charge is 0.0431 e. The van der Waals surface area contributed by atoms with Gasteiger partial charge < -0.3 is 15.7 Å². The second kappa shape index (κ2) is 7.30. The van der Waals surface area contributed by atoms with E-state index in [1.54, 1.807) is 0 Å². The number of hydrogen-bond acceptors (Lipinski definition) is 3. The van der Waals surface area contributed by atoms with E-state index >= 15 is 0 Å². The van der Waals surface area contributed by atoms with E-state index in [2.05, 4.69) is 36.2 Å². The van der Waals surface area contributed by atoms with Crippen LogP contribution >= 0.6 is 0 Å². The molecule has 0 saturated heterocycles. The molecule has 0 amide bonds. The minimum atomic E-state index is 0.0962. The van der Waals surface area contributed by atoms with Crippen molar-refractivity contribution < 1.29 is 5.11 Å². The molecule has 3 N–H and O–H groups in total. The number of benzene rings is 1. The van der Waals surface area contributed by atoms with Crippen molar-refractivity contribution >= 4 is 5.69 Å². The maximum atomic E-state index is 8.71. The first-order chi connectivity index (χ1) is 8.15. The number of anilines is 1. The highest BCUT2D eigenvalue weighted by molar-refractivity contribution is 5.47. The average molecular weight is 236 g/mol. The normalized spacial score (nSPS) is 12.5. The van der Waals surface area contributed by atoms with Crippen LogP contribution in [0.5, 0.6) is 0 Å². The van der Waals surface area contributed by atoms with Crippen LogP contribution < -0.4 is 10.6 Å². The zero-order valence-electron chi connectivity index (χ0n) is 10.9. The highest BCUT2D eigenvalue weighted by Crippen LogP contribution is 2.17. The second-order valence-corrected chi connectivity index (χ2v) is 4.59. The van der Waals surface area contributed by atoms with Crippen LogP contribution in [-0.2, 0) is 0 Å². The second-order valence-electron chi connectivity index (χ2n) is 4.59. The maximum absolute atomic E-state index is 8.71. The summed E-state index contributed by atoms with van der Waals surface area (Å²) < 4.78 is 0. The number of aliphatic hydroxyl groups is 1. The fourth-order valence-corrected chi connectivity index (χ4v) is 1.80. The summed E-state index contributed by atoms with van der Waals surface area (Å²) in [6.07, 6.45) is 3.10. The molecule has 0 saturated carbocycles. The molecule has 1 atom stereocenters. The van der Waals surface area contributed by atoms with Gasteiger partial charge in [-0.15, -0.1) is 0 Å². The molecule has 0 radical (unpaired) electrons. The number of aliphatic hydroxyl groups excluding tert-OH is 1. The minimum absolute atomic E-state index is 0.0962. The molecule has 0 unspecified atom stereocenters. The molecule has 0 bridgehead atoms. The zero-order chi connectivity index (χ0) is 12.7. The van der Waals surface area contributed by atoms with E-state index in [-0.39, 0.29) is 6.04 Å². The summed E-state index contributed by atoms with van der Waals surface area (Å²) in [7, 11) is 2.10. The molecule has 17 heavy (non-hydrogen) atoms. The monoisotopic (exact) mass is 236 g/mol. The lowest BCUT2D eigenvalue weighted by Crippen LogP contribution is -2.18. The summed E-state index contributed by atoms with van der Waals surface area (Å²) >= 11 is 0. The Kier molecular flexibility index (Phi) is 6.01. The van der Waals surface area contributed by atoms with Crippen molar-refractivity contribution in [3.63, 3.8) is 0 Å². The Morgan fingerprint density at radius 3 is 2.35 bits per heavy atom. The highest BCUT2D eigenvalue weighted by atomic mass is 16.2. The molecular formula is C14H24N2O. The molecule has 0 fully saturated rings. The van der Waals surface area contributed by atoms with Gasteiger partial charge in [-0.1, -0.05) is 12.1 Å². The van der Waals surface area contributed by atoms with Crippen molar-refractivity contribution in [2.24, 2.45) is 5.73 Å². The third kappa shape index (κ3) is 4.75. The van der Waals surface area contributed by atoms with E-state index in [0.717, 1.165) is 25.8 Å². The number of nitrogens with zero attached hydrogens (tertiary/aromatic N) is 1. The number of unbranched alkanes of at least 4 members (excludes halogenated alkanes) is 2. The number of nitrogens with two attached hydrogens (primary N) is 1. The van der Waals surface area contributed by atoms with Gasteiger partial charge in [-0.05, 0) is 43.9 Å². The lowest BCUT2D eigenvalue weighted by molar-refractivity contribution is 0.283.